The number of aromatic amines is 1. The molecule has 0 unspecified atom stereocenters. The van der Waals surface area contributed by atoms with Gasteiger partial charge in [0.15, 0.2) is 4.77 Å². The second-order valence-corrected chi connectivity index (χ2v) is 5.20. The van der Waals surface area contributed by atoms with Crippen molar-refractivity contribution in [2.75, 3.05) is 33.9 Å². The lowest BCUT2D eigenvalue weighted by Crippen LogP contribution is -2.19. The van der Waals surface area contributed by atoms with Gasteiger partial charge in [0.2, 0.25) is 0 Å². The Morgan fingerprint density at radius 1 is 1.40 bits per heavy atom. The average Bonchev–Trinajstić information content (AvgIpc) is 2.74. The zero-order valence-corrected chi connectivity index (χ0v) is 12.5. The van der Waals surface area contributed by atoms with Crippen LogP contribution in [-0.4, -0.2) is 48.3 Å². The van der Waals surface area contributed by atoms with E-state index in [2.05, 4.69) is 16.0 Å². The number of imidazole rings is 1. The van der Waals surface area contributed by atoms with Crippen molar-refractivity contribution in [3.8, 4) is 6.07 Å². The molecule has 1 aromatic heterocycles. The molecule has 2 aromatic rings. The first-order chi connectivity index (χ1) is 9.63. The molecule has 1 N–H and O–H groups in total. The first kappa shape index (κ1) is 14.7. The molecule has 0 fully saturated rings. The summed E-state index contributed by atoms with van der Waals surface area (Å²) < 4.78 is 8.19. The second kappa shape index (κ2) is 6.66. The van der Waals surface area contributed by atoms with Crippen LogP contribution in [0.25, 0.3) is 11.0 Å². The van der Waals surface area contributed by atoms with Gasteiger partial charge in [0.1, 0.15) is 6.07 Å². The average molecular weight is 290 g/mol. The van der Waals surface area contributed by atoms with Crippen molar-refractivity contribution in [2.45, 2.75) is 6.54 Å². The van der Waals surface area contributed by atoms with E-state index in [0.717, 1.165) is 17.6 Å². The highest BCUT2D eigenvalue weighted by molar-refractivity contribution is 7.71. The number of rotatable bonds is 6. The number of aromatic nitrogens is 2. The summed E-state index contributed by atoms with van der Waals surface area (Å²) in [5.41, 5.74) is 2.36. The maximum atomic E-state index is 9.09. The van der Waals surface area contributed by atoms with Crippen LogP contribution in [0, 0.1) is 16.1 Å². The second-order valence-electron chi connectivity index (χ2n) is 4.81. The Bertz CT molecular complexity index is 681. The maximum absolute atomic E-state index is 9.09. The van der Waals surface area contributed by atoms with Gasteiger partial charge in [0.25, 0.3) is 0 Å². The molecular formula is C14H18N4OS. The minimum Gasteiger partial charge on any atom is -0.378 e. The summed E-state index contributed by atoms with van der Waals surface area (Å²) in [5, 5.41) is 9.09. The number of hydrogen-bond acceptors (Lipinski definition) is 4. The van der Waals surface area contributed by atoms with Gasteiger partial charge >= 0.3 is 0 Å². The minimum atomic E-state index is 0.603. The van der Waals surface area contributed by atoms with Gasteiger partial charge < -0.3 is 19.2 Å². The van der Waals surface area contributed by atoms with Gasteiger partial charge in [-0.15, -0.1) is 0 Å². The van der Waals surface area contributed by atoms with Crippen LogP contribution in [0.15, 0.2) is 18.2 Å². The number of likely N-dealkylation sites (N-methyl/N-ethyl adjacent to an activating group) is 1. The lowest BCUT2D eigenvalue weighted by molar-refractivity contribution is 0.111. The number of nitrogens with zero attached hydrogens (tertiary/aromatic N) is 3. The molecule has 106 valence electrons. The van der Waals surface area contributed by atoms with E-state index in [9.17, 15) is 0 Å². The van der Waals surface area contributed by atoms with E-state index in [1.165, 1.54) is 0 Å². The highest BCUT2D eigenvalue weighted by Crippen LogP contribution is 2.17. The monoisotopic (exact) mass is 290 g/mol. The zero-order chi connectivity index (χ0) is 14.5. The molecule has 0 amide bonds. The normalized spacial score (nSPS) is 11.1. The largest absolute Gasteiger partial charge is 0.378 e. The molecule has 0 aliphatic rings. The predicted octanol–water partition coefficient (Wildman–Crippen LogP) is 2.15. The molecule has 0 radical (unpaired) electrons. The summed E-state index contributed by atoms with van der Waals surface area (Å²) in [6.07, 6.45) is 0. The molecule has 0 spiro atoms. The number of para-hydroxylation sites is 1. The van der Waals surface area contributed by atoms with Crippen LogP contribution in [0.4, 0.5) is 0 Å². The Morgan fingerprint density at radius 3 is 2.90 bits per heavy atom. The van der Waals surface area contributed by atoms with Gasteiger partial charge in [-0.05, 0) is 38.4 Å². The van der Waals surface area contributed by atoms with Crippen molar-refractivity contribution in [3.05, 3.63) is 28.5 Å². The predicted molar refractivity (Wildman–Crippen MR) is 81.2 cm³/mol. The minimum absolute atomic E-state index is 0.603. The van der Waals surface area contributed by atoms with Crippen LogP contribution in [0.5, 0.6) is 0 Å². The van der Waals surface area contributed by atoms with E-state index >= 15 is 0 Å². The van der Waals surface area contributed by atoms with Gasteiger partial charge in [-0.3, -0.25) is 0 Å². The van der Waals surface area contributed by atoms with Crippen LogP contribution in [0.1, 0.15) is 5.56 Å². The van der Waals surface area contributed by atoms with Crippen molar-refractivity contribution in [3.63, 3.8) is 0 Å². The summed E-state index contributed by atoms with van der Waals surface area (Å²) in [7, 11) is 4.03. The van der Waals surface area contributed by atoms with E-state index in [-0.39, 0.29) is 0 Å². The van der Waals surface area contributed by atoms with Crippen molar-refractivity contribution in [1.82, 2.24) is 14.5 Å². The molecule has 1 heterocycles. The number of nitriles is 1. The van der Waals surface area contributed by atoms with Crippen molar-refractivity contribution in [2.24, 2.45) is 0 Å². The Morgan fingerprint density at radius 2 is 2.20 bits per heavy atom. The van der Waals surface area contributed by atoms with Crippen LogP contribution >= 0.6 is 12.2 Å². The molecule has 0 saturated carbocycles. The fourth-order valence-corrected chi connectivity index (χ4v) is 2.29. The van der Waals surface area contributed by atoms with Crippen LogP contribution in [0.3, 0.4) is 0 Å². The molecule has 2 rings (SSSR count). The lowest BCUT2D eigenvalue weighted by Gasteiger charge is -2.10. The highest BCUT2D eigenvalue weighted by atomic mass is 32.1. The Labute approximate surface area is 123 Å². The zero-order valence-electron chi connectivity index (χ0n) is 11.7. The fourth-order valence-electron chi connectivity index (χ4n) is 2.00. The summed E-state index contributed by atoms with van der Waals surface area (Å²) in [6, 6.07) is 7.78. The number of H-pyrrole nitrogens is 1. The van der Waals surface area contributed by atoms with Gasteiger partial charge in [-0.25, -0.2) is 0 Å². The third kappa shape index (κ3) is 3.25. The van der Waals surface area contributed by atoms with Gasteiger partial charge in [0.05, 0.1) is 29.8 Å². The highest BCUT2D eigenvalue weighted by Gasteiger charge is 2.07. The fraction of sp³-hybridized carbons (Fsp3) is 0.429. The van der Waals surface area contributed by atoms with Crippen LogP contribution < -0.4 is 0 Å². The maximum Gasteiger partial charge on any atom is 0.178 e. The third-order valence-corrected chi connectivity index (χ3v) is 3.40. The summed E-state index contributed by atoms with van der Waals surface area (Å²) >= 11 is 5.31. The van der Waals surface area contributed by atoms with Crippen molar-refractivity contribution >= 4 is 23.3 Å². The number of nitrogens with one attached hydrogen (secondary N) is 1. The number of benzene rings is 1. The third-order valence-electron chi connectivity index (χ3n) is 3.07. The van der Waals surface area contributed by atoms with E-state index in [1.807, 2.05) is 30.8 Å². The molecule has 0 bridgehead atoms. The Balaban J connectivity index is 2.09. The number of hydrogen-bond donors (Lipinski definition) is 1. The summed E-state index contributed by atoms with van der Waals surface area (Å²) in [4.78, 5) is 5.18. The van der Waals surface area contributed by atoms with Crippen molar-refractivity contribution < 1.29 is 4.74 Å². The first-order valence-electron chi connectivity index (χ1n) is 6.47. The Kier molecular flexibility index (Phi) is 4.90. The molecule has 0 aliphatic heterocycles. The molecule has 0 atom stereocenters. The number of ether oxygens (including phenoxy) is 1. The molecule has 1 aromatic carbocycles. The topological polar surface area (TPSA) is 57.0 Å². The Hall–Kier alpha value is -1.68. The first-order valence-corrected chi connectivity index (χ1v) is 6.88. The van der Waals surface area contributed by atoms with Gasteiger partial charge in [-0.2, -0.15) is 5.26 Å². The van der Waals surface area contributed by atoms with Crippen molar-refractivity contribution in [1.29, 1.82) is 5.26 Å². The molecule has 0 saturated heterocycles. The van der Waals surface area contributed by atoms with E-state index in [4.69, 9.17) is 22.2 Å². The lowest BCUT2D eigenvalue weighted by atomic mass is 10.2. The van der Waals surface area contributed by atoms with Crippen LogP contribution in [0.2, 0.25) is 0 Å². The summed E-state index contributed by atoms with van der Waals surface area (Å²) in [5.74, 6) is 0. The van der Waals surface area contributed by atoms with Crippen LogP contribution in [-0.2, 0) is 11.3 Å². The molecule has 0 aliphatic carbocycles. The number of fused-ring (bicyclic) bond motifs is 1. The van der Waals surface area contributed by atoms with E-state index in [1.54, 1.807) is 6.07 Å². The van der Waals surface area contributed by atoms with Gasteiger partial charge in [-0.1, -0.05) is 6.07 Å². The SMILES string of the molecule is CN(C)CCOCCn1c(=S)[nH]c2c(C#N)cccc21. The van der Waals surface area contributed by atoms with E-state index in [0.29, 0.717) is 30.1 Å². The molecular weight excluding hydrogens is 272 g/mol. The van der Waals surface area contributed by atoms with E-state index < -0.39 is 0 Å². The quantitative estimate of drug-likeness (QED) is 0.654. The van der Waals surface area contributed by atoms with Gasteiger partial charge in [0, 0.05) is 13.1 Å². The molecule has 6 heteroatoms. The molecule has 20 heavy (non-hydrogen) atoms. The summed E-state index contributed by atoms with van der Waals surface area (Å²) in [6.45, 7) is 2.89. The molecule has 5 nitrogen and oxygen atoms in total. The smallest absolute Gasteiger partial charge is 0.178 e. The standard InChI is InChI=1S/C14H18N4OS/c1-17(2)6-8-19-9-7-18-12-5-3-4-11(10-15)13(12)16-14(18)20/h3-5H,6-9H2,1-2H3,(H,16,20).